The Balaban J connectivity index is 3.26. The first-order valence-electron chi connectivity index (χ1n) is 9.64. The van der Waals surface area contributed by atoms with E-state index in [4.69, 9.17) is 5.11 Å². The average molecular weight is 347 g/mol. The predicted octanol–water partition coefficient (Wildman–Crippen LogP) is 4.69. The summed E-state index contributed by atoms with van der Waals surface area (Å²) in [5, 5.41) is 17.5. The van der Waals surface area contributed by atoms with Gasteiger partial charge in [0, 0.05) is 0 Å². The lowest BCUT2D eigenvalue weighted by Gasteiger charge is -2.12. The quantitative estimate of drug-likeness (QED) is 0.264. The van der Waals surface area contributed by atoms with Crippen LogP contribution in [0.3, 0.4) is 0 Å². The van der Waals surface area contributed by atoms with E-state index in [1.807, 2.05) is 0 Å². The predicted molar refractivity (Wildman–Crippen MR) is 101 cm³/mol. The lowest BCUT2D eigenvalue weighted by molar-refractivity contribution is -0.128. The third-order valence-corrected chi connectivity index (χ3v) is 4.92. The molecule has 0 saturated heterocycles. The lowest BCUT2D eigenvalue weighted by atomic mass is 10.0. The Kier molecular flexibility index (Phi) is 16.7. The van der Waals surface area contributed by atoms with Crippen molar-refractivity contribution in [2.24, 2.45) is 0 Å². The highest BCUT2D eigenvalue weighted by Gasteiger charge is 2.20. The standard InChI is InChI=1S/C19H38O3S/c1-2-3-4-5-6-7-8-9-10-11-12-13-14-15-18(23)19(22)17(21)16-20/h17-18,20-21,23H,2-16H2,1H3. The molecule has 0 radical (unpaired) electrons. The summed E-state index contributed by atoms with van der Waals surface area (Å²) < 4.78 is 0. The first kappa shape index (κ1) is 22.9. The monoisotopic (exact) mass is 346 g/mol. The van der Waals surface area contributed by atoms with Crippen molar-refractivity contribution in [1.29, 1.82) is 0 Å². The molecular weight excluding hydrogens is 308 g/mol. The van der Waals surface area contributed by atoms with E-state index in [9.17, 15) is 9.90 Å². The third kappa shape index (κ3) is 14.0. The Morgan fingerprint density at radius 2 is 1.22 bits per heavy atom. The van der Waals surface area contributed by atoms with Crippen LogP contribution < -0.4 is 0 Å². The Bertz CT molecular complexity index is 271. The summed E-state index contributed by atoms with van der Waals surface area (Å²) in [6, 6.07) is 0. The highest BCUT2D eigenvalue weighted by atomic mass is 32.1. The summed E-state index contributed by atoms with van der Waals surface area (Å²) in [5.74, 6) is -0.352. The molecule has 23 heavy (non-hydrogen) atoms. The van der Waals surface area contributed by atoms with Crippen LogP contribution in [0.15, 0.2) is 0 Å². The maximum atomic E-state index is 11.5. The summed E-state index contributed by atoms with van der Waals surface area (Å²) >= 11 is 4.21. The Morgan fingerprint density at radius 3 is 1.61 bits per heavy atom. The third-order valence-electron chi connectivity index (χ3n) is 4.41. The molecule has 0 spiro atoms. The number of ketones is 1. The van der Waals surface area contributed by atoms with Gasteiger partial charge in [0.05, 0.1) is 11.9 Å². The van der Waals surface area contributed by atoms with E-state index in [0.29, 0.717) is 6.42 Å². The molecule has 2 unspecified atom stereocenters. The van der Waals surface area contributed by atoms with Crippen molar-refractivity contribution in [3.63, 3.8) is 0 Å². The Labute approximate surface area is 148 Å². The molecule has 138 valence electrons. The minimum atomic E-state index is -1.26. The highest BCUT2D eigenvalue weighted by Crippen LogP contribution is 2.15. The molecule has 0 fully saturated rings. The van der Waals surface area contributed by atoms with Crippen molar-refractivity contribution in [3.05, 3.63) is 0 Å². The zero-order valence-corrected chi connectivity index (χ0v) is 15.9. The van der Waals surface area contributed by atoms with Gasteiger partial charge in [-0.25, -0.2) is 0 Å². The molecule has 2 atom stereocenters. The number of hydrogen-bond donors (Lipinski definition) is 3. The van der Waals surface area contributed by atoms with Crippen molar-refractivity contribution in [1.82, 2.24) is 0 Å². The number of unbranched alkanes of at least 4 members (excludes halogenated alkanes) is 12. The smallest absolute Gasteiger partial charge is 0.176 e. The van der Waals surface area contributed by atoms with Crippen molar-refractivity contribution < 1.29 is 15.0 Å². The average Bonchev–Trinajstić information content (AvgIpc) is 2.57. The first-order valence-corrected chi connectivity index (χ1v) is 10.2. The number of thiol groups is 1. The van der Waals surface area contributed by atoms with E-state index in [1.54, 1.807) is 0 Å². The molecule has 0 aliphatic rings. The first-order chi connectivity index (χ1) is 11.1. The molecule has 0 aromatic carbocycles. The maximum Gasteiger partial charge on any atom is 0.176 e. The Morgan fingerprint density at radius 1 is 0.826 bits per heavy atom. The maximum absolute atomic E-state index is 11.5. The molecule has 0 aromatic heterocycles. The van der Waals surface area contributed by atoms with Gasteiger partial charge in [-0.1, -0.05) is 90.4 Å². The summed E-state index contributed by atoms with van der Waals surface area (Å²) in [6.45, 7) is 1.75. The van der Waals surface area contributed by atoms with Gasteiger partial charge < -0.3 is 10.2 Å². The molecule has 3 nitrogen and oxygen atoms in total. The zero-order chi connectivity index (χ0) is 17.3. The minimum absolute atomic E-state index is 0.352. The fraction of sp³-hybridized carbons (Fsp3) is 0.947. The highest BCUT2D eigenvalue weighted by molar-refractivity contribution is 7.81. The van der Waals surface area contributed by atoms with Crippen LogP contribution in [0.2, 0.25) is 0 Å². The number of carbonyl (C=O) groups is 1. The molecule has 0 bridgehead atoms. The van der Waals surface area contributed by atoms with Gasteiger partial charge in [-0.15, -0.1) is 0 Å². The van der Waals surface area contributed by atoms with E-state index in [-0.39, 0.29) is 5.78 Å². The summed E-state index contributed by atoms with van der Waals surface area (Å²) in [4.78, 5) is 11.5. The van der Waals surface area contributed by atoms with Crippen molar-refractivity contribution in [2.75, 3.05) is 6.61 Å². The van der Waals surface area contributed by atoms with E-state index in [0.717, 1.165) is 12.8 Å². The van der Waals surface area contributed by atoms with Gasteiger partial charge >= 0.3 is 0 Å². The lowest BCUT2D eigenvalue weighted by Crippen LogP contribution is -2.31. The second-order valence-corrected chi connectivity index (χ2v) is 7.27. The molecule has 0 aliphatic heterocycles. The minimum Gasteiger partial charge on any atom is -0.393 e. The van der Waals surface area contributed by atoms with Crippen molar-refractivity contribution in [3.8, 4) is 0 Å². The molecular formula is C19H38O3S. The van der Waals surface area contributed by atoms with Crippen LogP contribution in [0.25, 0.3) is 0 Å². The largest absolute Gasteiger partial charge is 0.393 e. The molecule has 2 N–H and O–H groups in total. The number of Topliss-reactive ketones (excluding diaryl/α,β-unsaturated/α-hetero) is 1. The molecule has 0 aromatic rings. The number of hydrogen-bond acceptors (Lipinski definition) is 4. The van der Waals surface area contributed by atoms with Crippen molar-refractivity contribution >= 4 is 18.4 Å². The van der Waals surface area contributed by atoms with Crippen LogP contribution in [-0.4, -0.2) is 34.0 Å². The Hall–Kier alpha value is -0.0600. The topological polar surface area (TPSA) is 57.5 Å². The van der Waals surface area contributed by atoms with Gasteiger partial charge in [0.15, 0.2) is 5.78 Å². The van der Waals surface area contributed by atoms with Gasteiger partial charge in [0.1, 0.15) is 6.10 Å². The van der Waals surface area contributed by atoms with Crippen LogP contribution in [-0.2, 0) is 4.79 Å². The summed E-state index contributed by atoms with van der Waals surface area (Å²) in [7, 11) is 0. The van der Waals surface area contributed by atoms with E-state index in [2.05, 4.69) is 19.6 Å². The second kappa shape index (κ2) is 16.8. The van der Waals surface area contributed by atoms with E-state index >= 15 is 0 Å². The molecule has 0 rings (SSSR count). The van der Waals surface area contributed by atoms with Crippen LogP contribution in [0, 0.1) is 0 Å². The van der Waals surface area contributed by atoms with Gasteiger partial charge in [0.2, 0.25) is 0 Å². The van der Waals surface area contributed by atoms with Gasteiger partial charge in [-0.2, -0.15) is 12.6 Å². The van der Waals surface area contributed by atoms with Crippen LogP contribution in [0.5, 0.6) is 0 Å². The molecule has 0 amide bonds. The van der Waals surface area contributed by atoms with Crippen LogP contribution >= 0.6 is 12.6 Å². The summed E-state index contributed by atoms with van der Waals surface area (Å²) in [6.07, 6.45) is 16.4. The molecule has 0 heterocycles. The number of rotatable bonds is 17. The van der Waals surface area contributed by atoms with Gasteiger partial charge in [0.25, 0.3) is 0 Å². The normalized spacial score (nSPS) is 13.9. The van der Waals surface area contributed by atoms with Crippen LogP contribution in [0.4, 0.5) is 0 Å². The van der Waals surface area contributed by atoms with E-state index < -0.39 is 18.0 Å². The van der Waals surface area contributed by atoms with Gasteiger partial charge in [-0.3, -0.25) is 4.79 Å². The molecule has 4 heteroatoms. The fourth-order valence-electron chi connectivity index (χ4n) is 2.81. The zero-order valence-electron chi connectivity index (χ0n) is 15.0. The van der Waals surface area contributed by atoms with E-state index in [1.165, 1.54) is 70.6 Å². The fourth-order valence-corrected chi connectivity index (χ4v) is 3.16. The van der Waals surface area contributed by atoms with Crippen LogP contribution in [0.1, 0.15) is 96.8 Å². The number of aliphatic hydroxyl groups excluding tert-OH is 2. The number of carbonyl (C=O) groups excluding carboxylic acids is 1. The van der Waals surface area contributed by atoms with Gasteiger partial charge in [-0.05, 0) is 6.42 Å². The SMILES string of the molecule is CCCCCCCCCCCCCCCC(S)C(=O)C(O)CO. The van der Waals surface area contributed by atoms with Crippen molar-refractivity contribution in [2.45, 2.75) is 108 Å². The summed E-state index contributed by atoms with van der Waals surface area (Å²) in [5.41, 5.74) is 0. The molecule has 0 aliphatic carbocycles. The number of aliphatic hydroxyl groups is 2. The molecule has 0 saturated carbocycles. The second-order valence-electron chi connectivity index (χ2n) is 6.65.